The lowest BCUT2D eigenvalue weighted by Gasteiger charge is -2.16. The predicted octanol–water partition coefficient (Wildman–Crippen LogP) is 18.0. The van der Waals surface area contributed by atoms with Crippen molar-refractivity contribution in [2.75, 3.05) is 0 Å². The Labute approximate surface area is 446 Å². The number of rotatable bonds is 21. The number of hydrogen-bond donors (Lipinski definition) is 0. The van der Waals surface area contributed by atoms with Crippen LogP contribution < -0.4 is 33.2 Å². The van der Waals surface area contributed by atoms with Crippen LogP contribution in [0.2, 0.25) is 40.2 Å². The average Bonchev–Trinajstić information content (AvgIpc) is 3.36. The first kappa shape index (κ1) is 51.0. The molecule has 0 saturated heterocycles. The molecule has 0 aliphatic carbocycles. The Morgan fingerprint density at radius 3 is 0.671 bits per heavy atom. The van der Waals surface area contributed by atoms with E-state index in [1.54, 1.807) is 72.8 Å². The molecule has 70 heavy (non-hydrogen) atoms. The fraction of sp³-hybridized carbons (Fsp3) is 0.127. The number of hydrogen-bond acceptors (Lipinski definition) is 7. The van der Waals surface area contributed by atoms with E-state index in [1.807, 2.05) is 84.9 Å². The third-order valence-corrected chi connectivity index (χ3v) is 13.3. The van der Waals surface area contributed by atoms with Crippen LogP contribution in [-0.4, -0.2) is 0 Å². The van der Waals surface area contributed by atoms with Gasteiger partial charge in [0.05, 0.1) is 40.2 Å². The van der Waals surface area contributed by atoms with Crippen LogP contribution in [0.5, 0.6) is 40.2 Å². The lowest BCUT2D eigenvalue weighted by molar-refractivity contribution is 0.281. The van der Waals surface area contributed by atoms with Gasteiger partial charge in [-0.05, 0) is 142 Å². The van der Waals surface area contributed by atoms with Crippen molar-refractivity contribution in [2.45, 2.75) is 46.2 Å². The van der Waals surface area contributed by atoms with Gasteiger partial charge in [-0.25, -0.2) is 0 Å². The van der Waals surface area contributed by atoms with Gasteiger partial charge >= 0.3 is 0 Å². The molecule has 0 aliphatic heterocycles. The highest BCUT2D eigenvalue weighted by Crippen LogP contribution is 2.33. The maximum absolute atomic E-state index is 6.53. The summed E-state index contributed by atoms with van der Waals surface area (Å²) in [6, 6.07) is 48.0. The van der Waals surface area contributed by atoms with E-state index < -0.39 is 0 Å². The Balaban J connectivity index is 1.03. The van der Waals surface area contributed by atoms with Crippen LogP contribution in [0.4, 0.5) is 0 Å². The quantitative estimate of drug-likeness (QED) is 0.0710. The Morgan fingerprint density at radius 1 is 0.200 bits per heavy atom. The number of ether oxygens (including phenoxy) is 7. The van der Waals surface area contributed by atoms with Crippen LogP contribution in [0, 0.1) is 0 Å². The van der Waals surface area contributed by atoms with Crippen molar-refractivity contribution in [2.24, 2.45) is 0 Å². The maximum Gasteiger partial charge on any atom is 0.121 e. The zero-order valence-corrected chi connectivity index (χ0v) is 42.9. The third-order valence-electron chi connectivity index (χ3n) is 10.3. The topological polar surface area (TPSA) is 64.6 Å². The molecule has 0 radical (unpaired) electrons. The van der Waals surface area contributed by atoms with Crippen molar-refractivity contribution in [3.63, 3.8) is 0 Å². The molecule has 0 fully saturated rings. The molecule has 0 unspecified atom stereocenters. The highest BCUT2D eigenvalue weighted by atomic mass is 35.5. The van der Waals surface area contributed by atoms with E-state index in [4.69, 9.17) is 126 Å². The Morgan fingerprint density at radius 2 is 0.429 bits per heavy atom. The molecule has 0 bridgehead atoms. The summed E-state index contributed by atoms with van der Waals surface area (Å²) in [5, 5.41) is 3.30. The first-order valence-corrected chi connectivity index (χ1v) is 24.5. The van der Waals surface area contributed by atoms with Gasteiger partial charge in [-0.2, -0.15) is 0 Å². The van der Waals surface area contributed by atoms with E-state index in [9.17, 15) is 0 Å². The molecule has 8 rings (SSSR count). The van der Waals surface area contributed by atoms with Gasteiger partial charge in [0.2, 0.25) is 0 Å². The van der Waals surface area contributed by atoms with Crippen LogP contribution in [0.15, 0.2) is 158 Å². The highest BCUT2D eigenvalue weighted by Gasteiger charge is 2.13. The normalized spacial score (nSPS) is 11.0. The zero-order valence-electron chi connectivity index (χ0n) is 36.8. The molecule has 8 aromatic rings. The fourth-order valence-corrected chi connectivity index (χ4v) is 8.10. The average molecular weight is 1100 g/mol. The van der Waals surface area contributed by atoms with E-state index in [-0.39, 0.29) is 39.6 Å². The molecule has 15 heteroatoms. The van der Waals surface area contributed by atoms with Crippen molar-refractivity contribution in [3.8, 4) is 40.2 Å². The van der Waals surface area contributed by atoms with E-state index >= 15 is 0 Å². The van der Waals surface area contributed by atoms with Gasteiger partial charge < -0.3 is 33.2 Å². The smallest absolute Gasteiger partial charge is 0.121 e. The van der Waals surface area contributed by atoms with Gasteiger partial charge in [0.25, 0.3) is 0 Å². The standard InChI is InChI=1S/C55H40Cl8O7/c56-48-10-6-41(23-52(48)60)64-28-35-14-36(29-65-42-7-11-49(57)53(61)24-42)18-46(17-35)69-32-39-16-40(22-45(21-39)68-27-34-4-2-1-3-5-34)33-70-47-19-37(30-66-43-8-12-50(58)54(62)25-43)15-38(20-47)31-67-44-9-13-51(59)55(63)26-44/h1-26H,27-33H2. The summed E-state index contributed by atoms with van der Waals surface area (Å²) < 4.78 is 43.9. The van der Waals surface area contributed by atoms with E-state index in [0.717, 1.165) is 38.9 Å². The highest BCUT2D eigenvalue weighted by molar-refractivity contribution is 6.43. The largest absolute Gasteiger partial charge is 0.489 e. The second-order valence-electron chi connectivity index (χ2n) is 15.8. The van der Waals surface area contributed by atoms with Gasteiger partial charge in [-0.1, -0.05) is 123 Å². The third kappa shape index (κ3) is 15.1. The molecule has 7 nitrogen and oxygen atoms in total. The van der Waals surface area contributed by atoms with Gasteiger partial charge in [0.1, 0.15) is 86.5 Å². The minimum Gasteiger partial charge on any atom is -0.489 e. The Hall–Kier alpha value is -5.32. The van der Waals surface area contributed by atoms with Crippen LogP contribution >= 0.6 is 92.8 Å². The summed E-state index contributed by atoms with van der Waals surface area (Å²) in [5.41, 5.74) is 6.03. The van der Waals surface area contributed by atoms with Crippen molar-refractivity contribution in [1.29, 1.82) is 0 Å². The van der Waals surface area contributed by atoms with Gasteiger partial charge in [-0.3, -0.25) is 0 Å². The summed E-state index contributed by atoms with van der Waals surface area (Å²) >= 11 is 49.7. The van der Waals surface area contributed by atoms with Crippen LogP contribution in [0.3, 0.4) is 0 Å². The number of halogens is 8. The summed E-state index contributed by atoms with van der Waals surface area (Å²) in [5.74, 6) is 4.07. The van der Waals surface area contributed by atoms with Crippen LogP contribution in [-0.2, 0) is 46.2 Å². The maximum atomic E-state index is 6.53. The molecule has 8 aromatic carbocycles. The number of benzene rings is 8. The van der Waals surface area contributed by atoms with Crippen LogP contribution in [0.1, 0.15) is 38.9 Å². The molecule has 0 amide bonds. The first-order valence-electron chi connectivity index (χ1n) is 21.5. The van der Waals surface area contributed by atoms with Crippen molar-refractivity contribution < 1.29 is 33.2 Å². The minimum atomic E-state index is 0.192. The van der Waals surface area contributed by atoms with E-state index in [2.05, 4.69) is 0 Å². The molecular formula is C55H40Cl8O7. The van der Waals surface area contributed by atoms with Crippen molar-refractivity contribution in [1.82, 2.24) is 0 Å². The summed E-state index contributed by atoms with van der Waals surface area (Å²) in [6.07, 6.45) is 0. The molecule has 0 atom stereocenters. The van der Waals surface area contributed by atoms with Crippen LogP contribution in [0.25, 0.3) is 0 Å². The lowest BCUT2D eigenvalue weighted by Crippen LogP contribution is -2.05. The van der Waals surface area contributed by atoms with E-state index in [1.165, 1.54) is 0 Å². The molecule has 0 spiro atoms. The monoisotopic (exact) mass is 1090 g/mol. The van der Waals surface area contributed by atoms with Gasteiger partial charge in [0.15, 0.2) is 0 Å². The molecule has 0 aromatic heterocycles. The van der Waals surface area contributed by atoms with Gasteiger partial charge in [0, 0.05) is 24.3 Å². The molecule has 0 heterocycles. The fourth-order valence-electron chi connectivity index (χ4n) is 6.94. The predicted molar refractivity (Wildman–Crippen MR) is 282 cm³/mol. The Bertz CT molecular complexity index is 2750. The second kappa shape index (κ2) is 24.7. The molecule has 358 valence electrons. The summed E-state index contributed by atoms with van der Waals surface area (Å²) in [7, 11) is 0. The van der Waals surface area contributed by atoms with Gasteiger partial charge in [-0.15, -0.1) is 0 Å². The zero-order chi connectivity index (χ0) is 49.0. The summed E-state index contributed by atoms with van der Waals surface area (Å²) in [4.78, 5) is 0. The Kier molecular flexibility index (Phi) is 18.0. The lowest BCUT2D eigenvalue weighted by atomic mass is 10.1. The molecule has 0 saturated carbocycles. The second-order valence-corrected chi connectivity index (χ2v) is 19.0. The first-order chi connectivity index (χ1) is 33.9. The van der Waals surface area contributed by atoms with Crippen molar-refractivity contribution >= 4 is 92.8 Å². The molecular weight excluding hydrogens is 1060 g/mol. The summed E-state index contributed by atoms with van der Waals surface area (Å²) in [6.45, 7) is 1.60. The van der Waals surface area contributed by atoms with Crippen molar-refractivity contribution in [3.05, 3.63) is 237 Å². The molecule has 0 aliphatic rings. The molecule has 0 N–H and O–H groups in total. The minimum absolute atomic E-state index is 0.192. The SMILES string of the molecule is Clc1ccc(OCc2cc(COc3ccc(Cl)c(Cl)c3)cc(OCc3cc(COc4cc(COc5ccc(Cl)c(Cl)c5)cc(COc5ccc(Cl)c(Cl)c5)c4)cc(OCc4ccccc4)c3)c2)cc1Cl. The van der Waals surface area contributed by atoms with E-state index in [0.29, 0.717) is 87.0 Å².